The maximum atomic E-state index is 13.3. The van der Waals surface area contributed by atoms with Gasteiger partial charge < -0.3 is 15.0 Å². The van der Waals surface area contributed by atoms with Crippen LogP contribution in [0.3, 0.4) is 0 Å². The molecule has 0 radical (unpaired) electrons. The van der Waals surface area contributed by atoms with Gasteiger partial charge in [-0.2, -0.15) is 4.31 Å². The number of carbonyl (C=O) groups is 1. The van der Waals surface area contributed by atoms with Gasteiger partial charge in [0.1, 0.15) is 5.60 Å². The summed E-state index contributed by atoms with van der Waals surface area (Å²) in [6, 6.07) is 10.7. The zero-order chi connectivity index (χ0) is 25.9. The van der Waals surface area contributed by atoms with Crippen molar-refractivity contribution in [3.63, 3.8) is 0 Å². The van der Waals surface area contributed by atoms with Crippen molar-refractivity contribution >= 4 is 38.5 Å². The third kappa shape index (κ3) is 7.12. The van der Waals surface area contributed by atoms with Gasteiger partial charge in [-0.05, 0) is 93.3 Å². The van der Waals surface area contributed by atoms with Crippen molar-refractivity contribution in [1.82, 2.24) is 14.5 Å². The molecule has 198 valence electrons. The number of nitrogens with one attached hydrogen (secondary N) is 1. The fourth-order valence-corrected chi connectivity index (χ4v) is 6.82. The summed E-state index contributed by atoms with van der Waals surface area (Å²) in [5, 5.41) is 5.35. The molecule has 9 heteroatoms. The lowest BCUT2D eigenvalue weighted by Gasteiger charge is -2.37. The summed E-state index contributed by atoms with van der Waals surface area (Å²) in [6.45, 7) is 9.81. The van der Waals surface area contributed by atoms with Crippen molar-refractivity contribution in [2.45, 2.75) is 57.0 Å². The summed E-state index contributed by atoms with van der Waals surface area (Å²) in [5.41, 5.74) is -0.477. The second-order valence-corrected chi connectivity index (χ2v) is 13.5. The largest absolute Gasteiger partial charge is 0.444 e. The number of alkyl carbamates (subject to hydrolysis) is 1. The van der Waals surface area contributed by atoms with E-state index in [2.05, 4.69) is 10.2 Å². The third-order valence-corrected chi connectivity index (χ3v) is 9.29. The number of carbonyl (C=O) groups excluding carboxylic acids is 1. The molecule has 1 N–H and O–H groups in total. The molecule has 1 saturated heterocycles. The Morgan fingerprint density at radius 2 is 1.58 bits per heavy atom. The maximum Gasteiger partial charge on any atom is 0.407 e. The number of hydrogen-bond acceptors (Lipinski definition) is 5. The predicted molar refractivity (Wildman–Crippen MR) is 144 cm³/mol. The molecule has 1 aliphatic carbocycles. The van der Waals surface area contributed by atoms with Crippen molar-refractivity contribution in [1.29, 1.82) is 0 Å². The number of rotatable bonds is 6. The van der Waals surface area contributed by atoms with E-state index in [0.29, 0.717) is 41.4 Å². The zero-order valence-electron chi connectivity index (χ0n) is 21.5. The van der Waals surface area contributed by atoms with Crippen molar-refractivity contribution in [2.24, 2.45) is 11.8 Å². The lowest BCUT2D eigenvalue weighted by atomic mass is 9.81. The first-order valence-corrected chi connectivity index (χ1v) is 14.7. The van der Waals surface area contributed by atoms with Gasteiger partial charge in [0.15, 0.2) is 0 Å². The van der Waals surface area contributed by atoms with Crippen LogP contribution in [0, 0.1) is 11.8 Å². The van der Waals surface area contributed by atoms with E-state index in [-0.39, 0.29) is 6.09 Å². The third-order valence-electron chi connectivity index (χ3n) is 7.16. The summed E-state index contributed by atoms with van der Waals surface area (Å²) < 4.78 is 33.5. The molecule has 0 atom stereocenters. The van der Waals surface area contributed by atoms with E-state index in [1.807, 2.05) is 39.0 Å². The van der Waals surface area contributed by atoms with Crippen LogP contribution < -0.4 is 5.32 Å². The number of benzene rings is 2. The van der Waals surface area contributed by atoms with Crippen LogP contribution in [0.25, 0.3) is 10.8 Å². The van der Waals surface area contributed by atoms with Crippen molar-refractivity contribution in [2.75, 3.05) is 39.3 Å². The van der Waals surface area contributed by atoms with Crippen LogP contribution in [0.4, 0.5) is 4.79 Å². The standard InChI is InChI=1S/C27H38ClN3O4S/c1-27(2,3)35-26(32)29-18-20-4-6-21(7-5-20)19-30-12-14-31(15-13-30)36(33,34)25-11-9-22-16-24(28)10-8-23(22)17-25/h8-11,16-17,20-21H,4-7,12-15,18-19H2,1-3H3,(H,29,32)/t20-,21-. The lowest BCUT2D eigenvalue weighted by Crippen LogP contribution is -2.49. The fraction of sp³-hybridized carbons (Fsp3) is 0.593. The monoisotopic (exact) mass is 535 g/mol. The van der Waals surface area contributed by atoms with Gasteiger partial charge in [-0.3, -0.25) is 0 Å². The second kappa shape index (κ2) is 11.3. The number of amides is 1. The highest BCUT2D eigenvalue weighted by Gasteiger charge is 2.30. The molecule has 1 heterocycles. The minimum atomic E-state index is -3.52. The second-order valence-electron chi connectivity index (χ2n) is 11.1. The molecular weight excluding hydrogens is 498 g/mol. The number of fused-ring (bicyclic) bond motifs is 1. The number of ether oxygens (including phenoxy) is 1. The van der Waals surface area contributed by atoms with Crippen LogP contribution in [-0.4, -0.2) is 68.6 Å². The molecule has 0 spiro atoms. The Balaban J connectivity index is 1.22. The lowest BCUT2D eigenvalue weighted by molar-refractivity contribution is 0.0511. The Morgan fingerprint density at radius 1 is 0.972 bits per heavy atom. The summed E-state index contributed by atoms with van der Waals surface area (Å²) in [7, 11) is -3.52. The molecule has 1 aliphatic heterocycles. The Kier molecular flexibility index (Phi) is 8.49. The number of hydrogen-bond donors (Lipinski definition) is 1. The van der Waals surface area contributed by atoms with Crippen LogP contribution in [0.1, 0.15) is 46.5 Å². The molecule has 1 amide bonds. The van der Waals surface area contributed by atoms with E-state index in [1.165, 1.54) is 0 Å². The Labute approximate surface area is 220 Å². The first-order chi connectivity index (χ1) is 17.0. The highest BCUT2D eigenvalue weighted by Crippen LogP contribution is 2.30. The minimum absolute atomic E-state index is 0.337. The van der Waals surface area contributed by atoms with Gasteiger partial charge in [-0.1, -0.05) is 23.7 Å². The maximum absolute atomic E-state index is 13.3. The molecular formula is C27H38ClN3O4S. The van der Waals surface area contributed by atoms with Crippen LogP contribution in [-0.2, 0) is 14.8 Å². The SMILES string of the molecule is CC(C)(C)OC(=O)NC[C@H]1CC[C@H](CN2CCN(S(=O)(=O)c3ccc4cc(Cl)ccc4c3)CC2)CC1. The molecule has 0 unspecified atom stereocenters. The van der Waals surface area contributed by atoms with Gasteiger partial charge in [0.25, 0.3) is 0 Å². The normalized spacial score (nSPS) is 22.4. The van der Waals surface area contributed by atoms with E-state index >= 15 is 0 Å². The molecule has 2 aromatic rings. The summed E-state index contributed by atoms with van der Waals surface area (Å²) >= 11 is 6.05. The minimum Gasteiger partial charge on any atom is -0.444 e. The number of halogens is 1. The van der Waals surface area contributed by atoms with Gasteiger partial charge >= 0.3 is 6.09 Å². The average molecular weight is 536 g/mol. The summed E-state index contributed by atoms with van der Waals surface area (Å²) in [4.78, 5) is 14.6. The topological polar surface area (TPSA) is 79.0 Å². The highest BCUT2D eigenvalue weighted by molar-refractivity contribution is 7.89. The first kappa shape index (κ1) is 27.2. The predicted octanol–water partition coefficient (Wildman–Crippen LogP) is 5.13. The van der Waals surface area contributed by atoms with E-state index in [9.17, 15) is 13.2 Å². The van der Waals surface area contributed by atoms with Gasteiger partial charge in [-0.15, -0.1) is 0 Å². The fourth-order valence-electron chi connectivity index (χ4n) is 5.18. The van der Waals surface area contributed by atoms with Crippen LogP contribution in [0.5, 0.6) is 0 Å². The van der Waals surface area contributed by atoms with E-state index < -0.39 is 15.6 Å². The van der Waals surface area contributed by atoms with Crippen molar-refractivity contribution < 1.29 is 17.9 Å². The number of piperazine rings is 1. The Morgan fingerprint density at radius 3 is 2.25 bits per heavy atom. The average Bonchev–Trinajstić information content (AvgIpc) is 2.82. The molecule has 2 aliphatic rings. The molecule has 2 aromatic carbocycles. The molecule has 36 heavy (non-hydrogen) atoms. The summed E-state index contributed by atoms with van der Waals surface area (Å²) in [5.74, 6) is 1.12. The van der Waals surface area contributed by atoms with Gasteiger partial charge in [-0.25, -0.2) is 13.2 Å². The Hall–Kier alpha value is -1.87. The summed E-state index contributed by atoms with van der Waals surface area (Å²) in [6.07, 6.45) is 4.13. The molecule has 7 nitrogen and oxygen atoms in total. The van der Waals surface area contributed by atoms with Crippen LogP contribution >= 0.6 is 11.6 Å². The van der Waals surface area contributed by atoms with E-state index in [4.69, 9.17) is 16.3 Å². The van der Waals surface area contributed by atoms with Crippen molar-refractivity contribution in [3.05, 3.63) is 41.4 Å². The Bertz CT molecular complexity index is 1170. The molecule has 4 rings (SSSR count). The van der Waals surface area contributed by atoms with Crippen LogP contribution in [0.2, 0.25) is 5.02 Å². The zero-order valence-corrected chi connectivity index (χ0v) is 23.1. The van der Waals surface area contributed by atoms with E-state index in [1.54, 1.807) is 22.5 Å². The molecule has 0 aromatic heterocycles. The quantitative estimate of drug-likeness (QED) is 0.554. The molecule has 1 saturated carbocycles. The van der Waals surface area contributed by atoms with Gasteiger partial charge in [0, 0.05) is 44.3 Å². The molecule has 0 bridgehead atoms. The van der Waals surface area contributed by atoms with Crippen molar-refractivity contribution in [3.8, 4) is 0 Å². The van der Waals surface area contributed by atoms with Gasteiger partial charge in [0.05, 0.1) is 4.90 Å². The van der Waals surface area contributed by atoms with Crippen LogP contribution in [0.15, 0.2) is 41.3 Å². The number of sulfonamides is 1. The smallest absolute Gasteiger partial charge is 0.407 e. The van der Waals surface area contributed by atoms with E-state index in [0.717, 1.165) is 56.1 Å². The molecule has 2 fully saturated rings. The van der Waals surface area contributed by atoms with Gasteiger partial charge in [0.2, 0.25) is 10.0 Å². The highest BCUT2D eigenvalue weighted by atomic mass is 35.5. The first-order valence-electron chi connectivity index (χ1n) is 12.9. The number of nitrogens with zero attached hydrogens (tertiary/aromatic N) is 2.